The second-order valence-corrected chi connectivity index (χ2v) is 7.12. The Morgan fingerprint density at radius 2 is 1.78 bits per heavy atom. The molecule has 0 nitrogen and oxygen atoms in total. The average molecular weight is 252 g/mol. The molecule has 1 rings (SSSR count). The van der Waals surface area contributed by atoms with Crippen LogP contribution < -0.4 is 0 Å². The maximum Gasteiger partial charge on any atom is -0.0365 e. The molecule has 4 unspecified atom stereocenters. The van der Waals surface area contributed by atoms with Crippen LogP contribution in [0.1, 0.15) is 86.0 Å². The third-order valence-electron chi connectivity index (χ3n) is 5.51. The second kappa shape index (κ2) is 8.23. The Labute approximate surface area is 116 Å². The van der Waals surface area contributed by atoms with E-state index in [1.54, 1.807) is 0 Å². The first-order valence-corrected chi connectivity index (χ1v) is 8.60. The van der Waals surface area contributed by atoms with Gasteiger partial charge in [0.1, 0.15) is 0 Å². The number of rotatable bonds is 9. The van der Waals surface area contributed by atoms with Crippen LogP contribution in [0.15, 0.2) is 0 Å². The van der Waals surface area contributed by atoms with Crippen molar-refractivity contribution in [1.82, 2.24) is 0 Å². The van der Waals surface area contributed by atoms with Gasteiger partial charge in [0.2, 0.25) is 0 Å². The van der Waals surface area contributed by atoms with Gasteiger partial charge in [-0.05, 0) is 42.4 Å². The topological polar surface area (TPSA) is 0 Å². The summed E-state index contributed by atoms with van der Waals surface area (Å²) in [4.78, 5) is 0. The van der Waals surface area contributed by atoms with Crippen molar-refractivity contribution in [3.63, 3.8) is 0 Å². The molecule has 1 aliphatic rings. The third kappa shape index (κ3) is 4.59. The largest absolute Gasteiger partial charge is 0.0654 e. The van der Waals surface area contributed by atoms with Crippen molar-refractivity contribution in [2.24, 2.45) is 29.6 Å². The van der Waals surface area contributed by atoms with Crippen molar-refractivity contribution in [3.05, 3.63) is 0 Å². The first kappa shape index (κ1) is 16.1. The number of hydrogen-bond donors (Lipinski definition) is 0. The molecule has 0 heterocycles. The highest BCUT2D eigenvalue weighted by molar-refractivity contribution is 4.82. The smallest absolute Gasteiger partial charge is 0.0365 e. The maximum atomic E-state index is 2.47. The van der Waals surface area contributed by atoms with Crippen LogP contribution in [-0.4, -0.2) is 0 Å². The van der Waals surface area contributed by atoms with Crippen molar-refractivity contribution in [3.8, 4) is 0 Å². The van der Waals surface area contributed by atoms with Crippen LogP contribution in [0.2, 0.25) is 0 Å². The van der Waals surface area contributed by atoms with Crippen molar-refractivity contribution >= 4 is 0 Å². The van der Waals surface area contributed by atoms with Gasteiger partial charge < -0.3 is 0 Å². The third-order valence-corrected chi connectivity index (χ3v) is 5.51. The van der Waals surface area contributed by atoms with Crippen LogP contribution in [0.25, 0.3) is 0 Å². The molecule has 0 bridgehead atoms. The zero-order valence-electron chi connectivity index (χ0n) is 13.5. The zero-order valence-corrected chi connectivity index (χ0v) is 13.5. The van der Waals surface area contributed by atoms with E-state index >= 15 is 0 Å². The molecule has 18 heavy (non-hydrogen) atoms. The van der Waals surface area contributed by atoms with Gasteiger partial charge in [0.15, 0.2) is 0 Å². The summed E-state index contributed by atoms with van der Waals surface area (Å²) in [7, 11) is 0. The predicted molar refractivity (Wildman–Crippen MR) is 82.8 cm³/mol. The fraction of sp³-hybridized carbons (Fsp3) is 1.00. The summed E-state index contributed by atoms with van der Waals surface area (Å²) in [6, 6.07) is 0. The van der Waals surface area contributed by atoms with E-state index < -0.39 is 0 Å². The highest BCUT2D eigenvalue weighted by atomic mass is 14.4. The summed E-state index contributed by atoms with van der Waals surface area (Å²) in [5.41, 5.74) is 0. The summed E-state index contributed by atoms with van der Waals surface area (Å²) in [6.07, 6.45) is 11.7. The van der Waals surface area contributed by atoms with Gasteiger partial charge in [-0.1, -0.05) is 73.1 Å². The van der Waals surface area contributed by atoms with Crippen LogP contribution in [-0.2, 0) is 0 Å². The molecule has 0 aromatic heterocycles. The summed E-state index contributed by atoms with van der Waals surface area (Å²) < 4.78 is 0. The highest BCUT2D eigenvalue weighted by Gasteiger charge is 2.32. The van der Waals surface area contributed by atoms with Gasteiger partial charge in [-0.25, -0.2) is 0 Å². The number of unbranched alkanes of at least 4 members (excludes halogenated alkanes) is 2. The van der Waals surface area contributed by atoms with Crippen LogP contribution in [0, 0.1) is 29.6 Å². The van der Waals surface area contributed by atoms with E-state index in [1.807, 2.05) is 0 Å². The Balaban J connectivity index is 2.49. The highest BCUT2D eigenvalue weighted by Crippen LogP contribution is 2.42. The molecule has 1 fully saturated rings. The van der Waals surface area contributed by atoms with Gasteiger partial charge in [0, 0.05) is 0 Å². The van der Waals surface area contributed by atoms with Crippen molar-refractivity contribution < 1.29 is 0 Å². The molecule has 0 aliphatic heterocycles. The van der Waals surface area contributed by atoms with Gasteiger partial charge in [-0.3, -0.25) is 0 Å². The lowest BCUT2D eigenvalue weighted by Gasteiger charge is -2.40. The van der Waals surface area contributed by atoms with E-state index in [1.165, 1.54) is 51.4 Å². The first-order chi connectivity index (χ1) is 8.60. The van der Waals surface area contributed by atoms with E-state index in [9.17, 15) is 0 Å². The van der Waals surface area contributed by atoms with E-state index in [-0.39, 0.29) is 0 Å². The summed E-state index contributed by atoms with van der Waals surface area (Å²) in [5, 5.41) is 0. The molecule has 0 amide bonds. The quantitative estimate of drug-likeness (QED) is 0.422. The molecular formula is C18H36. The molecule has 1 saturated carbocycles. The summed E-state index contributed by atoms with van der Waals surface area (Å²) in [5.74, 6) is 4.92. The lowest BCUT2D eigenvalue weighted by Crippen LogP contribution is -2.29. The zero-order chi connectivity index (χ0) is 13.5. The molecular weight excluding hydrogens is 216 g/mol. The molecule has 0 heteroatoms. The molecule has 0 aromatic carbocycles. The van der Waals surface area contributed by atoms with Gasteiger partial charge in [-0.15, -0.1) is 0 Å². The molecule has 0 spiro atoms. The fourth-order valence-corrected chi connectivity index (χ4v) is 3.99. The van der Waals surface area contributed by atoms with E-state index in [4.69, 9.17) is 0 Å². The van der Waals surface area contributed by atoms with Gasteiger partial charge >= 0.3 is 0 Å². The first-order valence-electron chi connectivity index (χ1n) is 8.60. The lowest BCUT2D eigenvalue weighted by molar-refractivity contribution is 0.110. The Kier molecular flexibility index (Phi) is 7.34. The van der Waals surface area contributed by atoms with Crippen LogP contribution in [0.5, 0.6) is 0 Å². The van der Waals surface area contributed by atoms with Crippen molar-refractivity contribution in [1.29, 1.82) is 0 Å². The minimum Gasteiger partial charge on any atom is -0.0654 e. The van der Waals surface area contributed by atoms with Crippen molar-refractivity contribution in [2.75, 3.05) is 0 Å². The molecule has 1 aliphatic carbocycles. The lowest BCUT2D eigenvalue weighted by atomic mass is 9.66. The standard InChI is InChI=1S/C18H36/c1-6-8-9-10-17(18(7-2)14(3)4)13-16-12-11-15(16)5/h14-18H,6-13H2,1-5H3. The van der Waals surface area contributed by atoms with Crippen molar-refractivity contribution in [2.45, 2.75) is 86.0 Å². The van der Waals surface area contributed by atoms with E-state index in [0.717, 1.165) is 29.6 Å². The maximum absolute atomic E-state index is 2.47. The van der Waals surface area contributed by atoms with Gasteiger partial charge in [0.25, 0.3) is 0 Å². The van der Waals surface area contributed by atoms with Gasteiger partial charge in [0.05, 0.1) is 0 Å². The predicted octanol–water partition coefficient (Wildman–Crippen LogP) is 6.30. The fourth-order valence-electron chi connectivity index (χ4n) is 3.99. The Hall–Kier alpha value is 0. The summed E-state index contributed by atoms with van der Waals surface area (Å²) in [6.45, 7) is 12.1. The summed E-state index contributed by atoms with van der Waals surface area (Å²) >= 11 is 0. The molecule has 0 N–H and O–H groups in total. The number of hydrogen-bond acceptors (Lipinski definition) is 0. The Morgan fingerprint density at radius 1 is 1.06 bits per heavy atom. The van der Waals surface area contributed by atoms with Crippen LogP contribution in [0.3, 0.4) is 0 Å². The average Bonchev–Trinajstić information content (AvgIpc) is 2.33. The minimum absolute atomic E-state index is 0.872. The molecule has 0 aromatic rings. The van der Waals surface area contributed by atoms with Gasteiger partial charge in [-0.2, -0.15) is 0 Å². The van der Waals surface area contributed by atoms with E-state index in [2.05, 4.69) is 34.6 Å². The second-order valence-electron chi connectivity index (χ2n) is 7.12. The molecule has 108 valence electrons. The Bertz CT molecular complexity index is 206. The van der Waals surface area contributed by atoms with E-state index in [0.29, 0.717) is 0 Å². The molecule has 0 radical (unpaired) electrons. The molecule has 0 saturated heterocycles. The Morgan fingerprint density at radius 3 is 2.17 bits per heavy atom. The van der Waals surface area contributed by atoms with Crippen LogP contribution in [0.4, 0.5) is 0 Å². The minimum atomic E-state index is 0.872. The van der Waals surface area contributed by atoms with Crippen LogP contribution >= 0.6 is 0 Å². The SMILES string of the molecule is CCCCCC(CC1CCC1C)C(CC)C(C)C. The monoisotopic (exact) mass is 252 g/mol. The normalized spacial score (nSPS) is 27.0. The molecule has 4 atom stereocenters.